The van der Waals surface area contributed by atoms with E-state index in [2.05, 4.69) is 15.5 Å². The molecule has 84 valence electrons. The second kappa shape index (κ2) is 3.75. The molecule has 0 amide bonds. The van der Waals surface area contributed by atoms with E-state index in [1.165, 1.54) is 4.68 Å². The van der Waals surface area contributed by atoms with Crippen molar-refractivity contribution < 1.29 is 9.62 Å². The summed E-state index contributed by atoms with van der Waals surface area (Å²) in [5.41, 5.74) is 2.46. The van der Waals surface area contributed by atoms with Crippen LogP contribution in [0.4, 0.5) is 0 Å². The molecule has 6 heteroatoms. The van der Waals surface area contributed by atoms with Crippen molar-refractivity contribution >= 4 is 17.3 Å². The van der Waals surface area contributed by atoms with Gasteiger partial charge < -0.3 is 9.62 Å². The zero-order valence-electron chi connectivity index (χ0n) is 8.69. The van der Waals surface area contributed by atoms with E-state index in [0.717, 1.165) is 22.9 Å². The van der Waals surface area contributed by atoms with Crippen molar-refractivity contribution in [3.05, 3.63) is 36.7 Å². The summed E-state index contributed by atoms with van der Waals surface area (Å²) in [6.45, 7) is 0. The Morgan fingerprint density at radius 3 is 3.18 bits per heavy atom. The standard InChI is InChI=1S/C11H8N4O2/c16-12-7-15-6-10(13-14-15)8-1-2-11-9(5-8)3-4-17-11/h1-7,16H. The molecule has 0 aliphatic carbocycles. The van der Waals surface area contributed by atoms with Crippen LogP contribution in [0, 0.1) is 0 Å². The lowest BCUT2D eigenvalue weighted by atomic mass is 10.1. The van der Waals surface area contributed by atoms with Crippen molar-refractivity contribution in [1.29, 1.82) is 0 Å². The molecule has 2 heterocycles. The third kappa shape index (κ3) is 1.65. The van der Waals surface area contributed by atoms with E-state index in [4.69, 9.17) is 9.62 Å². The summed E-state index contributed by atoms with van der Waals surface area (Å²) in [5.74, 6) is 0. The van der Waals surface area contributed by atoms with Crippen LogP contribution in [-0.4, -0.2) is 26.5 Å². The van der Waals surface area contributed by atoms with E-state index in [1.54, 1.807) is 12.5 Å². The molecule has 1 aromatic carbocycles. The maximum atomic E-state index is 8.38. The minimum Gasteiger partial charge on any atom is -0.464 e. The highest BCUT2D eigenvalue weighted by atomic mass is 16.4. The molecule has 2 aromatic heterocycles. The first-order valence-electron chi connectivity index (χ1n) is 4.94. The van der Waals surface area contributed by atoms with Gasteiger partial charge in [0.25, 0.3) is 0 Å². The predicted octanol–water partition coefficient (Wildman–Crippen LogP) is 1.96. The van der Waals surface area contributed by atoms with Crippen LogP contribution in [0.3, 0.4) is 0 Å². The highest BCUT2D eigenvalue weighted by Gasteiger charge is 2.05. The van der Waals surface area contributed by atoms with Crippen molar-refractivity contribution in [1.82, 2.24) is 15.0 Å². The van der Waals surface area contributed by atoms with Crippen LogP contribution in [0.25, 0.3) is 22.2 Å². The van der Waals surface area contributed by atoms with Crippen LogP contribution in [-0.2, 0) is 0 Å². The molecule has 6 nitrogen and oxygen atoms in total. The summed E-state index contributed by atoms with van der Waals surface area (Å²) < 4.78 is 6.59. The normalized spacial score (nSPS) is 11.5. The molecule has 0 bridgehead atoms. The van der Waals surface area contributed by atoms with Crippen molar-refractivity contribution in [2.45, 2.75) is 0 Å². The second-order valence-corrected chi connectivity index (χ2v) is 3.49. The Morgan fingerprint density at radius 2 is 2.29 bits per heavy atom. The van der Waals surface area contributed by atoms with Crippen LogP contribution in [0.15, 0.2) is 46.3 Å². The highest BCUT2D eigenvalue weighted by Crippen LogP contribution is 2.23. The van der Waals surface area contributed by atoms with Crippen molar-refractivity contribution in [3.8, 4) is 11.3 Å². The minimum atomic E-state index is 0.702. The van der Waals surface area contributed by atoms with Gasteiger partial charge in [0.2, 0.25) is 0 Å². The first-order chi connectivity index (χ1) is 8.36. The largest absolute Gasteiger partial charge is 0.464 e. The smallest absolute Gasteiger partial charge is 0.157 e. The third-order valence-electron chi connectivity index (χ3n) is 2.43. The molecule has 0 radical (unpaired) electrons. The van der Waals surface area contributed by atoms with E-state index >= 15 is 0 Å². The van der Waals surface area contributed by atoms with Crippen LogP contribution in [0.1, 0.15) is 0 Å². The molecule has 1 N–H and O–H groups in total. The number of aromatic nitrogens is 3. The predicted molar refractivity (Wildman–Crippen MR) is 60.9 cm³/mol. The molecular weight excluding hydrogens is 220 g/mol. The topological polar surface area (TPSA) is 76.4 Å². The van der Waals surface area contributed by atoms with Gasteiger partial charge in [-0.25, -0.2) is 4.68 Å². The summed E-state index contributed by atoms with van der Waals surface area (Å²) >= 11 is 0. The number of hydrogen-bond donors (Lipinski definition) is 1. The highest BCUT2D eigenvalue weighted by molar-refractivity contribution is 5.82. The minimum absolute atomic E-state index is 0.702. The lowest BCUT2D eigenvalue weighted by molar-refractivity contribution is 0.319. The molecule has 0 atom stereocenters. The molecule has 0 saturated heterocycles. The summed E-state index contributed by atoms with van der Waals surface area (Å²) in [7, 11) is 0. The Bertz CT molecular complexity index is 683. The average Bonchev–Trinajstić information content (AvgIpc) is 2.96. The molecule has 0 aliphatic heterocycles. The van der Waals surface area contributed by atoms with Crippen LogP contribution < -0.4 is 0 Å². The summed E-state index contributed by atoms with van der Waals surface area (Å²) in [5, 5.41) is 20.0. The molecule has 0 saturated carbocycles. The van der Waals surface area contributed by atoms with Crippen LogP contribution in [0.5, 0.6) is 0 Å². The maximum absolute atomic E-state index is 8.38. The number of hydrogen-bond acceptors (Lipinski definition) is 5. The fraction of sp³-hybridized carbons (Fsp3) is 0. The maximum Gasteiger partial charge on any atom is 0.157 e. The number of rotatable bonds is 2. The quantitative estimate of drug-likeness (QED) is 0.315. The SMILES string of the molecule is ON=Cn1cc(-c2ccc3occc3c2)nn1. The number of oxime groups is 1. The van der Waals surface area contributed by atoms with Gasteiger partial charge in [-0.1, -0.05) is 10.4 Å². The van der Waals surface area contributed by atoms with Gasteiger partial charge in [0, 0.05) is 10.9 Å². The fourth-order valence-corrected chi connectivity index (χ4v) is 1.64. The van der Waals surface area contributed by atoms with Gasteiger partial charge in [0.05, 0.1) is 12.5 Å². The Balaban J connectivity index is 2.06. The van der Waals surface area contributed by atoms with Gasteiger partial charge in [-0.2, -0.15) is 0 Å². The van der Waals surface area contributed by atoms with Crippen LogP contribution in [0.2, 0.25) is 0 Å². The van der Waals surface area contributed by atoms with Crippen molar-refractivity contribution in [3.63, 3.8) is 0 Å². The van der Waals surface area contributed by atoms with Crippen LogP contribution >= 0.6 is 0 Å². The molecule has 0 spiro atoms. The van der Waals surface area contributed by atoms with E-state index in [0.29, 0.717) is 5.69 Å². The van der Waals surface area contributed by atoms with E-state index in [9.17, 15) is 0 Å². The van der Waals surface area contributed by atoms with Gasteiger partial charge in [-0.15, -0.1) is 5.10 Å². The summed E-state index contributed by atoms with van der Waals surface area (Å²) in [6, 6.07) is 7.63. The third-order valence-corrected chi connectivity index (χ3v) is 2.43. The van der Waals surface area contributed by atoms with Gasteiger partial charge in [0.1, 0.15) is 11.3 Å². The molecule has 3 aromatic rings. The molecule has 0 unspecified atom stereocenters. The van der Waals surface area contributed by atoms with Gasteiger partial charge in [-0.05, 0) is 24.3 Å². The van der Waals surface area contributed by atoms with E-state index in [-0.39, 0.29) is 0 Å². The van der Waals surface area contributed by atoms with Gasteiger partial charge in [-0.3, -0.25) is 0 Å². The first kappa shape index (κ1) is 9.59. The van der Waals surface area contributed by atoms with Gasteiger partial charge in [0.15, 0.2) is 6.34 Å². The zero-order chi connectivity index (χ0) is 11.7. The average molecular weight is 228 g/mol. The summed E-state index contributed by atoms with van der Waals surface area (Å²) in [6.07, 6.45) is 4.47. The van der Waals surface area contributed by atoms with E-state index < -0.39 is 0 Å². The van der Waals surface area contributed by atoms with Gasteiger partial charge >= 0.3 is 0 Å². The van der Waals surface area contributed by atoms with Crippen molar-refractivity contribution in [2.24, 2.45) is 5.16 Å². The molecule has 3 rings (SSSR count). The monoisotopic (exact) mass is 228 g/mol. The molecular formula is C11H8N4O2. The Morgan fingerprint density at radius 1 is 1.35 bits per heavy atom. The molecule has 0 fully saturated rings. The fourth-order valence-electron chi connectivity index (χ4n) is 1.64. The lowest BCUT2D eigenvalue weighted by Gasteiger charge is -1.94. The second-order valence-electron chi connectivity index (χ2n) is 3.49. The zero-order valence-corrected chi connectivity index (χ0v) is 8.69. The first-order valence-corrected chi connectivity index (χ1v) is 4.94. The molecule has 17 heavy (non-hydrogen) atoms. The lowest BCUT2D eigenvalue weighted by Crippen LogP contribution is -1.94. The van der Waals surface area contributed by atoms with Crippen molar-refractivity contribution in [2.75, 3.05) is 0 Å². The Labute approximate surface area is 95.8 Å². The Kier molecular flexibility index (Phi) is 2.11. The number of nitrogens with zero attached hydrogens (tertiary/aromatic N) is 4. The molecule has 0 aliphatic rings. The number of fused-ring (bicyclic) bond motifs is 1. The summed E-state index contributed by atoms with van der Waals surface area (Å²) in [4.78, 5) is 0. The number of furan rings is 1. The van der Waals surface area contributed by atoms with E-state index in [1.807, 2.05) is 24.3 Å². The number of benzene rings is 1. The Hall–Kier alpha value is -2.63.